The van der Waals surface area contributed by atoms with Crippen LogP contribution in [0.3, 0.4) is 0 Å². The topological polar surface area (TPSA) is 60.6 Å². The number of rotatable bonds is 1. The predicted octanol–water partition coefficient (Wildman–Crippen LogP) is 1.22. The molecule has 0 bridgehead atoms. The third kappa shape index (κ3) is 2.92. The zero-order chi connectivity index (χ0) is 23.0. The summed E-state index contributed by atoms with van der Waals surface area (Å²) in [6.45, 7) is 4.37. The molecule has 4 aliphatic heterocycles. The van der Waals surface area contributed by atoms with E-state index in [0.29, 0.717) is 0 Å². The molecule has 7 rings (SSSR count). The highest BCUT2D eigenvalue weighted by Gasteiger charge is 2.46. The molecule has 1 N–H and O–H groups in total. The Morgan fingerprint density at radius 1 is 0.765 bits per heavy atom. The largest absolute Gasteiger partial charge is 0.384 e. The number of aliphatic hydroxyl groups excluding tert-OH is 1. The Bertz CT molecular complexity index is 1320. The predicted molar refractivity (Wildman–Crippen MR) is 131 cm³/mol. The van der Waals surface area contributed by atoms with Gasteiger partial charge in [0.2, 0.25) is 5.36 Å². The van der Waals surface area contributed by atoms with E-state index in [1.54, 1.807) is 0 Å². The first kappa shape index (κ1) is 20.6. The number of hydrogen-bond acceptors (Lipinski definition) is 4. The summed E-state index contributed by atoms with van der Waals surface area (Å²) in [5.41, 5.74) is 7.44. The maximum absolute atomic E-state index is 13.8. The fourth-order valence-corrected chi connectivity index (χ4v) is 7.30. The number of carbonyl (C=O) groups excluding carboxylic acids is 2. The molecule has 5 heteroatoms. The van der Waals surface area contributed by atoms with Crippen molar-refractivity contribution in [3.63, 3.8) is 0 Å². The Morgan fingerprint density at radius 3 is 1.97 bits per heavy atom. The molecular weight excluding hydrogens is 424 g/mol. The first-order valence-electron chi connectivity index (χ1n) is 13.1. The van der Waals surface area contributed by atoms with Crippen molar-refractivity contribution in [2.45, 2.75) is 63.4 Å². The lowest BCUT2D eigenvalue weighted by atomic mass is 9.85. The number of aliphatic hydroxyl groups is 1. The normalized spacial score (nSPS) is 25.5. The molecule has 0 amide bonds. The average Bonchev–Trinajstić information content (AvgIpc) is 3.07. The fourth-order valence-electron chi connectivity index (χ4n) is 7.30. The highest BCUT2D eigenvalue weighted by Crippen LogP contribution is 2.41. The Labute approximate surface area is 199 Å². The number of anilines is 1. The Morgan fingerprint density at radius 2 is 1.35 bits per heavy atom. The van der Waals surface area contributed by atoms with E-state index in [2.05, 4.69) is 33.7 Å². The smallest absolute Gasteiger partial charge is 0.206 e. The molecule has 0 aromatic heterocycles. The first-order chi connectivity index (χ1) is 16.6. The number of carbonyl (C=O) groups is 2. The van der Waals surface area contributed by atoms with Crippen LogP contribution in [0.1, 0.15) is 59.4 Å². The molecule has 1 fully saturated rings. The van der Waals surface area contributed by atoms with Crippen molar-refractivity contribution < 1.29 is 14.7 Å². The molecule has 1 aliphatic carbocycles. The van der Waals surface area contributed by atoms with Crippen LogP contribution in [0.25, 0.3) is 5.57 Å². The van der Waals surface area contributed by atoms with Gasteiger partial charge in [-0.05, 0) is 72.6 Å². The minimum atomic E-state index is -1.29. The monoisotopic (exact) mass is 455 g/mol. The van der Waals surface area contributed by atoms with Crippen LogP contribution >= 0.6 is 0 Å². The minimum absolute atomic E-state index is 0.205. The van der Waals surface area contributed by atoms with Gasteiger partial charge < -0.3 is 10.0 Å². The molecule has 2 aromatic rings. The third-order valence-corrected chi connectivity index (χ3v) is 8.69. The van der Waals surface area contributed by atoms with Crippen LogP contribution in [0.15, 0.2) is 24.3 Å². The van der Waals surface area contributed by atoms with E-state index < -0.39 is 17.8 Å². The van der Waals surface area contributed by atoms with Gasteiger partial charge in [-0.15, -0.1) is 0 Å². The number of hydrogen-bond donors (Lipinski definition) is 1. The molecule has 174 valence electrons. The van der Waals surface area contributed by atoms with Gasteiger partial charge in [0.25, 0.3) is 0 Å². The minimum Gasteiger partial charge on any atom is -0.384 e. The summed E-state index contributed by atoms with van der Waals surface area (Å²) in [6.07, 6.45) is 7.11. The van der Waals surface area contributed by atoms with Crippen LogP contribution < -0.4 is 20.1 Å². The highest BCUT2D eigenvalue weighted by atomic mass is 16.3. The molecular formula is C29H31N2O3+. The number of aryl methyl sites for hydroxylation is 4. The standard InChI is InChI=1S/C29H31N2O3/c32-27-23(21-13-17-5-1-9-30-10-2-6-18(14-21)25(17)30)28(33)29(34)24(27)22-15-19-7-3-11-31-12-4-8-20(16-22)26(19)31/h13-16,23,28,33H,1-12H2/q+1. The van der Waals surface area contributed by atoms with E-state index in [-0.39, 0.29) is 11.4 Å². The number of nitrogens with zero attached hydrogens (tertiary/aromatic N) is 2. The van der Waals surface area contributed by atoms with Gasteiger partial charge in [-0.2, -0.15) is 0 Å². The van der Waals surface area contributed by atoms with Gasteiger partial charge in [-0.1, -0.05) is 12.1 Å². The maximum atomic E-state index is 13.8. The molecule has 0 saturated heterocycles. The number of benzene rings is 2. The summed E-state index contributed by atoms with van der Waals surface area (Å²) in [4.78, 5) is 29.6. The third-order valence-electron chi connectivity index (χ3n) is 8.69. The van der Waals surface area contributed by atoms with Crippen molar-refractivity contribution >= 4 is 22.8 Å². The molecule has 2 aromatic carbocycles. The lowest BCUT2D eigenvalue weighted by Gasteiger charge is -2.37. The SMILES string of the molecule is O=C1C(=c2cc3c4c(c2)CCC[N+]=4CCC3)C(=O)C(c2cc3c4c(c2)CCCN4CCC3)C1O. The second-order valence-corrected chi connectivity index (χ2v) is 10.7. The van der Waals surface area contributed by atoms with E-state index in [1.807, 2.05) is 0 Å². The second-order valence-electron chi connectivity index (χ2n) is 10.7. The second kappa shape index (κ2) is 7.61. The van der Waals surface area contributed by atoms with Gasteiger partial charge in [0, 0.05) is 42.7 Å². The summed E-state index contributed by atoms with van der Waals surface area (Å²) in [5.74, 6) is -1.40. The van der Waals surface area contributed by atoms with E-state index in [4.69, 9.17) is 0 Å². The summed E-state index contributed by atoms with van der Waals surface area (Å²) in [5, 5.41) is 13.1. The Balaban J connectivity index is 1.37. The van der Waals surface area contributed by atoms with Gasteiger partial charge in [0.05, 0.1) is 11.5 Å². The summed E-state index contributed by atoms with van der Waals surface area (Å²) < 4.78 is 2.46. The van der Waals surface area contributed by atoms with Crippen LogP contribution in [0.5, 0.6) is 0 Å². The molecule has 5 aliphatic rings. The number of Topliss-reactive ketones (excluding diaryl/α,β-unsaturated/α-hetero) is 2. The van der Waals surface area contributed by atoms with E-state index in [9.17, 15) is 14.7 Å². The maximum Gasteiger partial charge on any atom is 0.206 e. The quantitative estimate of drug-likeness (QED) is 0.657. The van der Waals surface area contributed by atoms with Crippen LogP contribution in [0.4, 0.5) is 5.69 Å². The fraction of sp³-hybridized carbons (Fsp3) is 0.483. The Hall–Kier alpha value is -2.79. The van der Waals surface area contributed by atoms with E-state index in [1.165, 1.54) is 33.3 Å². The number of ketones is 2. The van der Waals surface area contributed by atoms with Gasteiger partial charge in [-0.25, -0.2) is 4.58 Å². The van der Waals surface area contributed by atoms with Gasteiger partial charge in [-0.3, -0.25) is 9.59 Å². The summed E-state index contributed by atoms with van der Waals surface area (Å²) >= 11 is 0. The van der Waals surface area contributed by atoms with Crippen molar-refractivity contribution in [1.82, 2.24) is 4.58 Å². The lowest BCUT2D eigenvalue weighted by molar-refractivity contribution is -0.121. The zero-order valence-corrected chi connectivity index (χ0v) is 19.6. The van der Waals surface area contributed by atoms with Crippen molar-refractivity contribution in [1.29, 1.82) is 0 Å². The molecule has 2 unspecified atom stereocenters. The average molecular weight is 456 g/mol. The first-order valence-corrected chi connectivity index (χ1v) is 13.1. The Kier molecular flexibility index (Phi) is 4.60. The van der Waals surface area contributed by atoms with Crippen LogP contribution in [0.2, 0.25) is 0 Å². The summed E-state index contributed by atoms with van der Waals surface area (Å²) in [7, 11) is 0. The van der Waals surface area contributed by atoms with E-state index in [0.717, 1.165) is 88.3 Å². The van der Waals surface area contributed by atoms with Crippen molar-refractivity contribution in [3.8, 4) is 0 Å². The van der Waals surface area contributed by atoms with Gasteiger partial charge in [0.15, 0.2) is 11.6 Å². The molecule has 5 nitrogen and oxygen atoms in total. The summed E-state index contributed by atoms with van der Waals surface area (Å²) in [6, 6.07) is 8.33. The van der Waals surface area contributed by atoms with E-state index >= 15 is 0 Å². The van der Waals surface area contributed by atoms with Crippen molar-refractivity contribution in [2.75, 3.05) is 31.1 Å². The van der Waals surface area contributed by atoms with Crippen molar-refractivity contribution in [2.24, 2.45) is 0 Å². The lowest BCUT2D eigenvalue weighted by Crippen LogP contribution is -2.44. The zero-order valence-electron chi connectivity index (χ0n) is 19.6. The van der Waals surface area contributed by atoms with Crippen molar-refractivity contribution in [3.05, 3.63) is 62.7 Å². The van der Waals surface area contributed by atoms with Crippen LogP contribution in [-0.2, 0) is 35.3 Å². The van der Waals surface area contributed by atoms with Crippen LogP contribution in [0, 0.1) is 0 Å². The molecule has 1 saturated carbocycles. The molecule has 34 heavy (non-hydrogen) atoms. The van der Waals surface area contributed by atoms with Gasteiger partial charge in [0.1, 0.15) is 19.2 Å². The molecule has 4 heterocycles. The molecule has 0 spiro atoms. The molecule has 0 radical (unpaired) electrons. The molecule has 2 atom stereocenters. The van der Waals surface area contributed by atoms with Crippen LogP contribution in [-0.4, -0.2) is 49.0 Å². The van der Waals surface area contributed by atoms with Gasteiger partial charge >= 0.3 is 0 Å². The highest BCUT2D eigenvalue weighted by molar-refractivity contribution is 6.48.